The van der Waals surface area contributed by atoms with Crippen LogP contribution in [0.4, 0.5) is 0 Å². The summed E-state index contributed by atoms with van der Waals surface area (Å²) in [5.41, 5.74) is 1.92. The highest BCUT2D eigenvalue weighted by atomic mass is 16.5. The molecule has 1 rings (SSSR count). The number of rotatable bonds is 5. The molecule has 1 nitrogen and oxygen atoms in total. The Hall–Kier alpha value is -0.560. The molecule has 1 saturated heterocycles. The van der Waals surface area contributed by atoms with Gasteiger partial charge >= 0.3 is 0 Å². The molecule has 17 heavy (non-hydrogen) atoms. The number of allylic oxidation sites excluding steroid dienone is 3. The fourth-order valence-corrected chi connectivity index (χ4v) is 3.09. The van der Waals surface area contributed by atoms with Crippen molar-refractivity contribution in [2.75, 3.05) is 13.2 Å². The Morgan fingerprint density at radius 3 is 2.82 bits per heavy atom. The molecule has 0 amide bonds. The Morgan fingerprint density at radius 1 is 1.47 bits per heavy atom. The summed E-state index contributed by atoms with van der Waals surface area (Å²) in [4.78, 5) is 0. The molecule has 2 atom stereocenters. The average Bonchev–Trinajstić information content (AvgIpc) is 2.48. The predicted molar refractivity (Wildman–Crippen MR) is 75.1 cm³/mol. The van der Waals surface area contributed by atoms with Gasteiger partial charge in [0.05, 0.1) is 6.61 Å². The Labute approximate surface area is 107 Å². The second-order valence-electron chi connectivity index (χ2n) is 5.63. The normalized spacial score (nSPS) is 31.0. The van der Waals surface area contributed by atoms with Crippen molar-refractivity contribution < 1.29 is 4.74 Å². The number of ether oxygens (including phenoxy) is 1. The van der Waals surface area contributed by atoms with Crippen molar-refractivity contribution in [1.82, 2.24) is 0 Å². The molecule has 0 N–H and O–H groups in total. The molecule has 2 unspecified atom stereocenters. The van der Waals surface area contributed by atoms with Crippen molar-refractivity contribution in [3.05, 3.63) is 24.3 Å². The van der Waals surface area contributed by atoms with Gasteiger partial charge in [0.1, 0.15) is 0 Å². The SMILES string of the molecule is C=C/C=C(\CC)C1CCOCC(C)(CCC)C1. The van der Waals surface area contributed by atoms with Crippen LogP contribution in [0.2, 0.25) is 0 Å². The van der Waals surface area contributed by atoms with Crippen LogP contribution in [-0.2, 0) is 4.74 Å². The van der Waals surface area contributed by atoms with E-state index in [-0.39, 0.29) is 0 Å². The van der Waals surface area contributed by atoms with Gasteiger partial charge in [0.25, 0.3) is 0 Å². The zero-order chi connectivity index (χ0) is 12.7. The maximum absolute atomic E-state index is 5.81. The summed E-state index contributed by atoms with van der Waals surface area (Å²) in [7, 11) is 0. The van der Waals surface area contributed by atoms with Gasteiger partial charge in [-0.2, -0.15) is 0 Å². The highest BCUT2D eigenvalue weighted by Gasteiger charge is 2.31. The summed E-state index contributed by atoms with van der Waals surface area (Å²) in [6.45, 7) is 12.6. The standard InChI is InChI=1S/C16H28O/c1-5-8-14(7-3)15-9-11-17-13-16(4,12-15)10-6-2/h5,8,15H,1,6-7,9-13H2,2-4H3/b14-8+. The van der Waals surface area contributed by atoms with Crippen LogP contribution in [0.5, 0.6) is 0 Å². The van der Waals surface area contributed by atoms with Crippen LogP contribution in [0, 0.1) is 11.3 Å². The molecule has 0 radical (unpaired) electrons. The third kappa shape index (κ3) is 4.31. The second kappa shape index (κ2) is 7.00. The summed E-state index contributed by atoms with van der Waals surface area (Å²) in [5.74, 6) is 0.692. The molecular formula is C16H28O. The van der Waals surface area contributed by atoms with Gasteiger partial charge in [0.15, 0.2) is 0 Å². The summed E-state index contributed by atoms with van der Waals surface area (Å²) < 4.78 is 5.81. The molecule has 1 aliphatic rings. The minimum absolute atomic E-state index is 0.366. The average molecular weight is 236 g/mol. The van der Waals surface area contributed by atoms with Crippen molar-refractivity contribution in [3.63, 3.8) is 0 Å². The zero-order valence-electron chi connectivity index (χ0n) is 11.8. The predicted octanol–water partition coefficient (Wildman–Crippen LogP) is 4.74. The molecular weight excluding hydrogens is 208 g/mol. The first-order valence-corrected chi connectivity index (χ1v) is 7.04. The Bertz CT molecular complexity index is 267. The molecule has 0 aromatic rings. The van der Waals surface area contributed by atoms with Crippen LogP contribution >= 0.6 is 0 Å². The highest BCUT2D eigenvalue weighted by molar-refractivity contribution is 5.14. The summed E-state index contributed by atoms with van der Waals surface area (Å²) >= 11 is 0. The first-order valence-electron chi connectivity index (χ1n) is 7.04. The summed E-state index contributed by atoms with van der Waals surface area (Å²) in [6.07, 6.45) is 10.2. The Kier molecular flexibility index (Phi) is 5.97. The van der Waals surface area contributed by atoms with Gasteiger partial charge in [0.2, 0.25) is 0 Å². The quantitative estimate of drug-likeness (QED) is 0.626. The van der Waals surface area contributed by atoms with Crippen molar-refractivity contribution in [2.24, 2.45) is 11.3 Å². The lowest BCUT2D eigenvalue weighted by Gasteiger charge is -2.30. The largest absolute Gasteiger partial charge is 0.381 e. The van der Waals surface area contributed by atoms with E-state index in [0.717, 1.165) is 19.6 Å². The molecule has 0 aromatic heterocycles. The van der Waals surface area contributed by atoms with E-state index >= 15 is 0 Å². The monoisotopic (exact) mass is 236 g/mol. The van der Waals surface area contributed by atoms with Gasteiger partial charge in [-0.1, -0.05) is 51.5 Å². The van der Waals surface area contributed by atoms with Crippen LogP contribution in [0.15, 0.2) is 24.3 Å². The molecule has 1 heteroatoms. The van der Waals surface area contributed by atoms with Crippen LogP contribution in [-0.4, -0.2) is 13.2 Å². The first-order chi connectivity index (χ1) is 8.15. The lowest BCUT2D eigenvalue weighted by Crippen LogP contribution is -2.24. The van der Waals surface area contributed by atoms with E-state index in [1.807, 2.05) is 6.08 Å². The molecule has 0 bridgehead atoms. The van der Waals surface area contributed by atoms with Gasteiger partial charge in [-0.25, -0.2) is 0 Å². The highest BCUT2D eigenvalue weighted by Crippen LogP contribution is 2.38. The topological polar surface area (TPSA) is 9.23 Å². The van der Waals surface area contributed by atoms with Crippen LogP contribution in [0.25, 0.3) is 0 Å². The molecule has 1 heterocycles. The maximum atomic E-state index is 5.81. The van der Waals surface area contributed by atoms with E-state index in [9.17, 15) is 0 Å². The fourth-order valence-electron chi connectivity index (χ4n) is 3.09. The number of hydrogen-bond acceptors (Lipinski definition) is 1. The zero-order valence-corrected chi connectivity index (χ0v) is 11.8. The van der Waals surface area contributed by atoms with E-state index < -0.39 is 0 Å². The lowest BCUT2D eigenvalue weighted by atomic mass is 9.75. The molecule has 0 spiro atoms. The smallest absolute Gasteiger partial charge is 0.0519 e. The van der Waals surface area contributed by atoms with Gasteiger partial charge in [0, 0.05) is 6.61 Å². The van der Waals surface area contributed by atoms with Crippen molar-refractivity contribution in [3.8, 4) is 0 Å². The van der Waals surface area contributed by atoms with Crippen molar-refractivity contribution >= 4 is 0 Å². The molecule has 98 valence electrons. The van der Waals surface area contributed by atoms with E-state index in [1.165, 1.54) is 25.7 Å². The van der Waals surface area contributed by atoms with Crippen LogP contribution in [0.3, 0.4) is 0 Å². The lowest BCUT2D eigenvalue weighted by molar-refractivity contribution is 0.0643. The van der Waals surface area contributed by atoms with E-state index in [0.29, 0.717) is 11.3 Å². The minimum atomic E-state index is 0.366. The van der Waals surface area contributed by atoms with Gasteiger partial charge in [-0.05, 0) is 37.0 Å². The summed E-state index contributed by atoms with van der Waals surface area (Å²) in [5, 5.41) is 0. The molecule has 0 aromatic carbocycles. The minimum Gasteiger partial charge on any atom is -0.381 e. The maximum Gasteiger partial charge on any atom is 0.0519 e. The van der Waals surface area contributed by atoms with Crippen LogP contribution < -0.4 is 0 Å². The Morgan fingerprint density at radius 2 is 2.24 bits per heavy atom. The van der Waals surface area contributed by atoms with Gasteiger partial charge in [-0.3, -0.25) is 0 Å². The van der Waals surface area contributed by atoms with Gasteiger partial charge < -0.3 is 4.74 Å². The van der Waals surface area contributed by atoms with E-state index in [2.05, 4.69) is 33.4 Å². The van der Waals surface area contributed by atoms with Gasteiger partial charge in [-0.15, -0.1) is 0 Å². The summed E-state index contributed by atoms with van der Waals surface area (Å²) in [6, 6.07) is 0. The third-order valence-electron chi connectivity index (χ3n) is 3.92. The third-order valence-corrected chi connectivity index (χ3v) is 3.92. The molecule has 0 saturated carbocycles. The van der Waals surface area contributed by atoms with Crippen molar-refractivity contribution in [2.45, 2.75) is 52.9 Å². The fraction of sp³-hybridized carbons (Fsp3) is 0.750. The number of hydrogen-bond donors (Lipinski definition) is 0. The van der Waals surface area contributed by atoms with Crippen LogP contribution in [0.1, 0.15) is 52.9 Å². The van der Waals surface area contributed by atoms with E-state index in [1.54, 1.807) is 5.57 Å². The molecule has 1 fully saturated rings. The van der Waals surface area contributed by atoms with Crippen molar-refractivity contribution in [1.29, 1.82) is 0 Å². The Balaban J connectivity index is 2.78. The molecule has 0 aliphatic carbocycles. The molecule has 1 aliphatic heterocycles. The first kappa shape index (κ1) is 14.5. The second-order valence-corrected chi connectivity index (χ2v) is 5.63. The van der Waals surface area contributed by atoms with E-state index in [4.69, 9.17) is 4.74 Å².